The number of ketones is 2. The van der Waals surface area contributed by atoms with Crippen LogP contribution in [0.5, 0.6) is 0 Å². The lowest BCUT2D eigenvalue weighted by atomic mass is 10.2. The number of morpholine rings is 1. The predicted octanol–water partition coefficient (Wildman–Crippen LogP) is 0.987. The van der Waals surface area contributed by atoms with Gasteiger partial charge in [-0.2, -0.15) is 5.10 Å². The number of hydrogen-bond donors (Lipinski definition) is 1. The Morgan fingerprint density at radius 3 is 2.26 bits per heavy atom. The molecule has 8 heteroatoms. The van der Waals surface area contributed by atoms with Crippen LogP contribution in [0.25, 0.3) is 0 Å². The van der Waals surface area contributed by atoms with Crippen molar-refractivity contribution in [1.29, 1.82) is 0 Å². The highest BCUT2D eigenvalue weighted by atomic mass is 32.2. The second-order valence-corrected chi connectivity index (χ2v) is 6.49. The Hall–Kier alpha value is -1.74. The Morgan fingerprint density at radius 1 is 1.17 bits per heavy atom. The van der Waals surface area contributed by atoms with Gasteiger partial charge in [0.15, 0.2) is 22.2 Å². The summed E-state index contributed by atoms with van der Waals surface area (Å²) in [4.78, 5) is 23.2. The van der Waals surface area contributed by atoms with Gasteiger partial charge >= 0.3 is 0 Å². The van der Waals surface area contributed by atoms with Crippen molar-refractivity contribution in [3.8, 4) is 0 Å². The number of nitrogens with one attached hydrogen (secondary N) is 1. The summed E-state index contributed by atoms with van der Waals surface area (Å²) in [7, 11) is 0. The molecule has 1 aromatic rings. The quantitative estimate of drug-likeness (QED) is 0.360. The lowest BCUT2D eigenvalue weighted by Gasteiger charge is -2.27. The zero-order valence-corrected chi connectivity index (χ0v) is 13.9. The average Bonchev–Trinajstić information content (AvgIpc) is 2.55. The first-order valence-electron chi connectivity index (χ1n) is 7.19. The normalized spacial score (nSPS) is 16.5. The number of hydrogen-bond acceptors (Lipinski definition) is 7. The molecule has 0 bridgehead atoms. The van der Waals surface area contributed by atoms with E-state index in [-0.39, 0.29) is 5.71 Å². The van der Waals surface area contributed by atoms with Crippen LogP contribution in [0.4, 0.5) is 5.69 Å². The molecular weight excluding hydrogens is 318 g/mol. The second-order valence-electron chi connectivity index (χ2n) is 5.00. The Bertz CT molecular complexity index is 581. The molecule has 0 amide bonds. The molecule has 1 N–H and O–H groups in total. The lowest BCUT2D eigenvalue weighted by Crippen LogP contribution is -2.40. The van der Waals surface area contributed by atoms with Crippen molar-refractivity contribution in [2.45, 2.75) is 18.7 Å². The van der Waals surface area contributed by atoms with E-state index >= 15 is 0 Å². The topological polar surface area (TPSA) is 94.1 Å². The van der Waals surface area contributed by atoms with E-state index < -0.39 is 22.9 Å². The third-order valence-electron chi connectivity index (χ3n) is 3.22. The second kappa shape index (κ2) is 8.21. The molecule has 0 spiro atoms. The Kier molecular flexibility index (Phi) is 6.28. The predicted molar refractivity (Wildman–Crippen MR) is 87.7 cm³/mol. The number of carbonyl (C=O) groups excluding carboxylic acids is 2. The Morgan fingerprint density at radius 2 is 1.74 bits per heavy atom. The van der Waals surface area contributed by atoms with Gasteiger partial charge in [0.05, 0.1) is 43.4 Å². The molecular formula is C15H19N3O4S. The maximum atomic E-state index is 12.4. The Labute approximate surface area is 138 Å². The SMILES string of the molecule is CC(=O)C(=NNc1ccc([S+]([O-])N2CCOCC2)cc1)C(C)=O. The maximum Gasteiger partial charge on any atom is 0.183 e. The first-order chi connectivity index (χ1) is 11.0. The number of nitrogens with zero attached hydrogens (tertiary/aromatic N) is 2. The van der Waals surface area contributed by atoms with E-state index in [1.54, 1.807) is 24.3 Å². The zero-order valence-electron chi connectivity index (χ0n) is 13.1. The minimum absolute atomic E-state index is 0.133. The summed E-state index contributed by atoms with van der Waals surface area (Å²) in [6.07, 6.45) is 0. The number of Topliss-reactive ketones (excluding diaryl/α,β-unsaturated/α-hetero) is 2. The van der Waals surface area contributed by atoms with Crippen molar-refractivity contribution >= 4 is 34.3 Å². The maximum absolute atomic E-state index is 12.4. The van der Waals surface area contributed by atoms with Crippen molar-refractivity contribution < 1.29 is 18.9 Å². The molecule has 1 atom stereocenters. The van der Waals surface area contributed by atoms with Gasteiger partial charge in [0, 0.05) is 13.8 Å². The number of ether oxygens (including phenoxy) is 1. The highest BCUT2D eigenvalue weighted by molar-refractivity contribution is 7.89. The molecule has 7 nitrogen and oxygen atoms in total. The number of hydrazone groups is 1. The fourth-order valence-electron chi connectivity index (χ4n) is 2.03. The van der Waals surface area contributed by atoms with Crippen molar-refractivity contribution in [1.82, 2.24) is 4.31 Å². The van der Waals surface area contributed by atoms with Gasteiger partial charge in [-0.15, -0.1) is 4.31 Å². The van der Waals surface area contributed by atoms with Crippen molar-refractivity contribution in [3.63, 3.8) is 0 Å². The fourth-order valence-corrected chi connectivity index (χ4v) is 3.18. The van der Waals surface area contributed by atoms with Gasteiger partial charge in [0.1, 0.15) is 0 Å². The first-order valence-corrected chi connectivity index (χ1v) is 8.30. The first kappa shape index (κ1) is 17.6. The van der Waals surface area contributed by atoms with Gasteiger partial charge in [-0.3, -0.25) is 15.0 Å². The van der Waals surface area contributed by atoms with Crippen molar-refractivity contribution in [2.24, 2.45) is 5.10 Å². The van der Waals surface area contributed by atoms with Crippen LogP contribution in [0.1, 0.15) is 13.8 Å². The Balaban J connectivity index is 2.02. The molecule has 124 valence electrons. The van der Waals surface area contributed by atoms with E-state index in [4.69, 9.17) is 4.74 Å². The molecule has 1 unspecified atom stereocenters. The van der Waals surface area contributed by atoms with Crippen LogP contribution in [0, 0.1) is 0 Å². The molecule has 1 saturated heterocycles. The summed E-state index contributed by atoms with van der Waals surface area (Å²) in [5.41, 5.74) is 3.14. The minimum Gasteiger partial charge on any atom is -0.593 e. The number of benzene rings is 1. The van der Waals surface area contributed by atoms with Gasteiger partial charge in [-0.1, -0.05) is 0 Å². The van der Waals surface area contributed by atoms with Gasteiger partial charge in [-0.25, -0.2) is 0 Å². The molecule has 2 rings (SSSR count). The third-order valence-corrected chi connectivity index (χ3v) is 4.73. The molecule has 0 radical (unpaired) electrons. The lowest BCUT2D eigenvalue weighted by molar-refractivity contribution is -0.114. The summed E-state index contributed by atoms with van der Waals surface area (Å²) >= 11 is -1.22. The minimum atomic E-state index is -1.22. The highest BCUT2D eigenvalue weighted by Gasteiger charge is 2.24. The fraction of sp³-hybridized carbons (Fsp3) is 0.400. The summed E-state index contributed by atoms with van der Waals surface area (Å²) in [5, 5.41) is 3.82. The van der Waals surface area contributed by atoms with E-state index in [0.29, 0.717) is 36.9 Å². The summed E-state index contributed by atoms with van der Waals surface area (Å²) in [6, 6.07) is 6.86. The van der Waals surface area contributed by atoms with Crippen molar-refractivity contribution in [3.05, 3.63) is 24.3 Å². The van der Waals surface area contributed by atoms with E-state index in [0.717, 1.165) is 0 Å². The largest absolute Gasteiger partial charge is 0.593 e. The van der Waals surface area contributed by atoms with Crippen LogP contribution < -0.4 is 5.43 Å². The zero-order chi connectivity index (χ0) is 16.8. The molecule has 1 fully saturated rings. The average molecular weight is 337 g/mol. The van der Waals surface area contributed by atoms with Crippen LogP contribution in [0.15, 0.2) is 34.3 Å². The molecule has 1 aliphatic rings. The van der Waals surface area contributed by atoms with Crippen LogP contribution in [-0.4, -0.2) is 52.4 Å². The van der Waals surface area contributed by atoms with E-state index in [1.807, 2.05) is 4.31 Å². The van der Waals surface area contributed by atoms with E-state index in [9.17, 15) is 14.1 Å². The number of rotatable bonds is 6. The standard InChI is InChI=1S/C15H19N3O4S/c1-11(19)15(12(2)20)17-16-13-3-5-14(6-4-13)23(21)18-7-9-22-10-8-18/h3-6,16H,7-10H2,1-2H3. The molecule has 23 heavy (non-hydrogen) atoms. The van der Waals surface area contributed by atoms with Gasteiger partial charge in [0.2, 0.25) is 0 Å². The number of carbonyl (C=O) groups is 2. The number of anilines is 1. The molecule has 1 aromatic carbocycles. The smallest absolute Gasteiger partial charge is 0.183 e. The molecule has 0 aliphatic carbocycles. The van der Waals surface area contributed by atoms with Crippen molar-refractivity contribution in [2.75, 3.05) is 31.7 Å². The summed E-state index contributed by atoms with van der Waals surface area (Å²) in [5.74, 6) is -0.787. The highest BCUT2D eigenvalue weighted by Crippen LogP contribution is 2.19. The van der Waals surface area contributed by atoms with E-state index in [2.05, 4.69) is 10.5 Å². The van der Waals surface area contributed by atoms with Gasteiger partial charge < -0.3 is 9.29 Å². The molecule has 0 saturated carbocycles. The molecule has 0 aromatic heterocycles. The molecule has 1 heterocycles. The van der Waals surface area contributed by atoms with Crippen LogP contribution in [-0.2, 0) is 25.7 Å². The van der Waals surface area contributed by atoms with Gasteiger partial charge in [0.25, 0.3) is 0 Å². The van der Waals surface area contributed by atoms with E-state index in [1.165, 1.54) is 13.8 Å². The van der Waals surface area contributed by atoms with Crippen LogP contribution >= 0.6 is 0 Å². The van der Waals surface area contributed by atoms with Crippen LogP contribution in [0.3, 0.4) is 0 Å². The molecule has 1 aliphatic heterocycles. The summed E-state index contributed by atoms with van der Waals surface area (Å²) < 4.78 is 19.5. The monoisotopic (exact) mass is 337 g/mol. The summed E-state index contributed by atoms with van der Waals surface area (Å²) in [6.45, 7) is 5.01. The van der Waals surface area contributed by atoms with Gasteiger partial charge in [-0.05, 0) is 24.3 Å². The third kappa shape index (κ3) is 4.87. The van der Waals surface area contributed by atoms with Crippen LogP contribution in [0.2, 0.25) is 0 Å².